The summed E-state index contributed by atoms with van der Waals surface area (Å²) in [6, 6.07) is 9.79. The number of aromatic nitrogens is 2. The second-order valence-corrected chi connectivity index (χ2v) is 6.64. The molecule has 0 saturated carbocycles. The minimum Gasteiger partial charge on any atom is -0.437 e. The maximum atomic E-state index is 5.94. The van der Waals surface area contributed by atoms with E-state index in [4.69, 9.17) is 16.3 Å². The molecule has 96 valence electrons. The molecule has 2 aromatic heterocycles. The van der Waals surface area contributed by atoms with Gasteiger partial charge in [-0.25, -0.2) is 4.98 Å². The van der Waals surface area contributed by atoms with Gasteiger partial charge in [0.15, 0.2) is 0 Å². The minimum absolute atomic E-state index is 0.204. The molecule has 0 spiro atoms. The van der Waals surface area contributed by atoms with Gasteiger partial charge < -0.3 is 4.74 Å². The number of hydrogen-bond donors (Lipinski definition) is 0. The molecule has 0 fully saturated rings. The summed E-state index contributed by atoms with van der Waals surface area (Å²) >= 11 is 9.75. The Hall–Kier alpha value is -0.920. The Morgan fingerprint density at radius 1 is 1.26 bits per heavy atom. The summed E-state index contributed by atoms with van der Waals surface area (Å²) in [7, 11) is 0. The van der Waals surface area contributed by atoms with Crippen molar-refractivity contribution in [3.63, 3.8) is 0 Å². The summed E-state index contributed by atoms with van der Waals surface area (Å²) in [5.41, 5.74) is 0. The predicted molar refractivity (Wildman–Crippen MR) is 86.4 cm³/mol. The molecule has 3 aromatic rings. The van der Waals surface area contributed by atoms with Crippen LogP contribution in [0.3, 0.4) is 0 Å². The number of aryl methyl sites for hydroxylation is 1. The zero-order valence-electron chi connectivity index (χ0n) is 9.85. The number of para-hydroxylation sites is 1. The third-order valence-corrected chi connectivity index (χ3v) is 4.50. The third kappa shape index (κ3) is 2.68. The van der Waals surface area contributed by atoms with Crippen LogP contribution in [0.15, 0.2) is 30.3 Å². The molecule has 0 radical (unpaired) electrons. The van der Waals surface area contributed by atoms with Crippen LogP contribution in [0.2, 0.25) is 5.28 Å². The standard InChI is InChI=1S/C13H8ClIN2OS/c1-7-6-8-11(16-13(14)17-12(8)19-7)18-10-5-3-2-4-9(10)15/h2-6H,1H3. The van der Waals surface area contributed by atoms with Gasteiger partial charge in [0.25, 0.3) is 0 Å². The maximum Gasteiger partial charge on any atom is 0.232 e. The van der Waals surface area contributed by atoms with E-state index in [1.165, 1.54) is 0 Å². The number of nitrogens with zero attached hydrogens (tertiary/aromatic N) is 2. The van der Waals surface area contributed by atoms with Crippen LogP contribution >= 0.6 is 45.5 Å². The van der Waals surface area contributed by atoms with Gasteiger partial charge in [0.05, 0.1) is 8.96 Å². The number of halogens is 2. The molecule has 3 nitrogen and oxygen atoms in total. The number of rotatable bonds is 2. The van der Waals surface area contributed by atoms with E-state index in [1.54, 1.807) is 11.3 Å². The fourth-order valence-corrected chi connectivity index (χ4v) is 3.28. The minimum atomic E-state index is 0.204. The number of fused-ring (bicyclic) bond motifs is 1. The molecule has 0 atom stereocenters. The molecule has 0 aliphatic heterocycles. The van der Waals surface area contributed by atoms with Crippen molar-refractivity contribution in [3.8, 4) is 11.6 Å². The molecule has 3 rings (SSSR count). The van der Waals surface area contributed by atoms with Crippen molar-refractivity contribution < 1.29 is 4.74 Å². The van der Waals surface area contributed by atoms with Crippen LogP contribution in [0.4, 0.5) is 0 Å². The Morgan fingerprint density at radius 3 is 2.84 bits per heavy atom. The monoisotopic (exact) mass is 402 g/mol. The lowest BCUT2D eigenvalue weighted by Gasteiger charge is -2.07. The van der Waals surface area contributed by atoms with Gasteiger partial charge in [-0.15, -0.1) is 11.3 Å². The van der Waals surface area contributed by atoms with Gasteiger partial charge in [0.2, 0.25) is 11.2 Å². The summed E-state index contributed by atoms with van der Waals surface area (Å²) in [5.74, 6) is 1.27. The Morgan fingerprint density at radius 2 is 2.05 bits per heavy atom. The van der Waals surface area contributed by atoms with Gasteiger partial charge in [0, 0.05) is 4.88 Å². The molecular weight excluding hydrogens is 395 g/mol. The molecule has 19 heavy (non-hydrogen) atoms. The zero-order valence-corrected chi connectivity index (χ0v) is 13.6. The molecule has 2 heterocycles. The lowest BCUT2D eigenvalue weighted by atomic mass is 10.3. The highest BCUT2D eigenvalue weighted by Gasteiger charge is 2.12. The smallest absolute Gasteiger partial charge is 0.232 e. The van der Waals surface area contributed by atoms with Crippen molar-refractivity contribution >= 4 is 55.7 Å². The number of benzene rings is 1. The fourth-order valence-electron chi connectivity index (χ4n) is 1.70. The lowest BCUT2D eigenvalue weighted by Crippen LogP contribution is -1.92. The molecule has 0 bridgehead atoms. The Balaban J connectivity index is 2.12. The van der Waals surface area contributed by atoms with E-state index in [9.17, 15) is 0 Å². The van der Waals surface area contributed by atoms with Crippen molar-refractivity contribution in [2.75, 3.05) is 0 Å². The van der Waals surface area contributed by atoms with Crippen molar-refractivity contribution in [1.29, 1.82) is 0 Å². The second-order valence-electron chi connectivity index (χ2n) is 3.91. The highest BCUT2D eigenvalue weighted by atomic mass is 127. The summed E-state index contributed by atoms with van der Waals surface area (Å²) in [6.07, 6.45) is 0. The van der Waals surface area contributed by atoms with Crippen LogP contribution in [-0.2, 0) is 0 Å². The van der Waals surface area contributed by atoms with Crippen LogP contribution < -0.4 is 4.74 Å². The van der Waals surface area contributed by atoms with E-state index in [0.29, 0.717) is 5.88 Å². The average molecular weight is 403 g/mol. The van der Waals surface area contributed by atoms with E-state index in [0.717, 1.165) is 24.4 Å². The van der Waals surface area contributed by atoms with Crippen LogP contribution in [-0.4, -0.2) is 9.97 Å². The molecular formula is C13H8ClIN2OS. The average Bonchev–Trinajstić information content (AvgIpc) is 2.72. The summed E-state index contributed by atoms with van der Waals surface area (Å²) < 4.78 is 6.90. The van der Waals surface area contributed by atoms with Crippen LogP contribution in [0.1, 0.15) is 4.88 Å². The van der Waals surface area contributed by atoms with Gasteiger partial charge in [-0.2, -0.15) is 4.98 Å². The van der Waals surface area contributed by atoms with E-state index < -0.39 is 0 Å². The Bertz CT molecular complexity index is 759. The molecule has 0 aliphatic rings. The SMILES string of the molecule is Cc1cc2c(Oc3ccccc3I)nc(Cl)nc2s1. The van der Waals surface area contributed by atoms with Gasteiger partial charge >= 0.3 is 0 Å². The fraction of sp³-hybridized carbons (Fsp3) is 0.0769. The molecule has 0 amide bonds. The molecule has 6 heteroatoms. The van der Waals surface area contributed by atoms with Crippen LogP contribution in [0, 0.1) is 10.5 Å². The van der Waals surface area contributed by atoms with Crippen molar-refractivity contribution in [2.24, 2.45) is 0 Å². The van der Waals surface area contributed by atoms with Gasteiger partial charge in [0.1, 0.15) is 10.6 Å². The van der Waals surface area contributed by atoms with Gasteiger partial charge in [-0.05, 0) is 59.3 Å². The number of hydrogen-bond acceptors (Lipinski definition) is 4. The second kappa shape index (κ2) is 5.22. The molecule has 1 aromatic carbocycles. The van der Waals surface area contributed by atoms with Crippen molar-refractivity contribution in [2.45, 2.75) is 6.92 Å². The Labute approximate surface area is 132 Å². The van der Waals surface area contributed by atoms with Crippen LogP contribution in [0.25, 0.3) is 10.2 Å². The summed E-state index contributed by atoms with van der Waals surface area (Å²) in [6.45, 7) is 2.02. The largest absolute Gasteiger partial charge is 0.437 e. The van der Waals surface area contributed by atoms with Crippen molar-refractivity contribution in [1.82, 2.24) is 9.97 Å². The first-order chi connectivity index (χ1) is 9.13. The first kappa shape index (κ1) is 13.1. The first-order valence-corrected chi connectivity index (χ1v) is 7.77. The van der Waals surface area contributed by atoms with Gasteiger partial charge in [-0.1, -0.05) is 12.1 Å². The maximum absolute atomic E-state index is 5.94. The number of thiophene rings is 1. The third-order valence-electron chi connectivity index (χ3n) is 2.50. The van der Waals surface area contributed by atoms with Crippen LogP contribution in [0.5, 0.6) is 11.6 Å². The quantitative estimate of drug-likeness (QED) is 0.444. The van der Waals surface area contributed by atoms with Crippen molar-refractivity contribution in [3.05, 3.63) is 44.1 Å². The zero-order chi connectivity index (χ0) is 13.4. The highest BCUT2D eigenvalue weighted by molar-refractivity contribution is 14.1. The predicted octanol–water partition coefficient (Wildman–Crippen LogP) is 5.05. The first-order valence-electron chi connectivity index (χ1n) is 5.49. The Kier molecular flexibility index (Phi) is 3.60. The lowest BCUT2D eigenvalue weighted by molar-refractivity contribution is 0.465. The van der Waals surface area contributed by atoms with E-state index in [-0.39, 0.29) is 5.28 Å². The molecule has 0 unspecified atom stereocenters. The number of ether oxygens (including phenoxy) is 1. The highest BCUT2D eigenvalue weighted by Crippen LogP contribution is 2.34. The molecule has 0 aliphatic carbocycles. The topological polar surface area (TPSA) is 35.0 Å². The summed E-state index contributed by atoms with van der Waals surface area (Å²) in [5, 5.41) is 1.10. The van der Waals surface area contributed by atoms with E-state index in [1.807, 2.05) is 37.3 Å². The molecule has 0 N–H and O–H groups in total. The normalized spacial score (nSPS) is 10.9. The van der Waals surface area contributed by atoms with E-state index >= 15 is 0 Å². The summed E-state index contributed by atoms with van der Waals surface area (Å²) in [4.78, 5) is 10.4. The molecule has 0 saturated heterocycles. The van der Waals surface area contributed by atoms with Gasteiger partial charge in [-0.3, -0.25) is 0 Å². The van der Waals surface area contributed by atoms with E-state index in [2.05, 4.69) is 32.6 Å².